The summed E-state index contributed by atoms with van der Waals surface area (Å²) < 4.78 is 44.9. The van der Waals surface area contributed by atoms with Crippen molar-refractivity contribution in [3.05, 3.63) is 23.3 Å². The van der Waals surface area contributed by atoms with Crippen molar-refractivity contribution in [1.82, 2.24) is 0 Å². The molecule has 44 valence electrons. The molecule has 0 heterocycles. The Labute approximate surface area is 42.1 Å². The number of halogens is 4. The summed E-state index contributed by atoms with van der Waals surface area (Å²) in [6.07, 6.45) is -2.29. The first kappa shape index (κ1) is 5.34. The highest BCUT2D eigenvalue weighted by molar-refractivity contribution is 5.58. The smallest absolute Gasteiger partial charge is 0.203 e. The Morgan fingerprint density at radius 2 is 1.38 bits per heavy atom. The zero-order valence-electron chi connectivity index (χ0n) is 3.51. The van der Waals surface area contributed by atoms with E-state index in [0.717, 1.165) is 0 Å². The maximum atomic E-state index is 11.4. The fourth-order valence-electron chi connectivity index (χ4n) is 0.310. The van der Waals surface area contributed by atoms with E-state index >= 15 is 0 Å². The van der Waals surface area contributed by atoms with Gasteiger partial charge in [-0.3, -0.25) is 0 Å². The SMILES string of the molecule is FC(F)=C1C(F)=C1F. The molecule has 0 spiro atoms. The molecule has 1 aliphatic rings. The van der Waals surface area contributed by atoms with Crippen LogP contribution in [0.15, 0.2) is 23.3 Å². The van der Waals surface area contributed by atoms with E-state index in [9.17, 15) is 17.6 Å². The lowest BCUT2D eigenvalue weighted by molar-refractivity contribution is 0.414. The van der Waals surface area contributed by atoms with Gasteiger partial charge in [0.25, 0.3) is 6.08 Å². The summed E-state index contributed by atoms with van der Waals surface area (Å²) in [6.45, 7) is 0. The van der Waals surface area contributed by atoms with Crippen molar-refractivity contribution in [2.45, 2.75) is 0 Å². The van der Waals surface area contributed by atoms with E-state index in [4.69, 9.17) is 0 Å². The topological polar surface area (TPSA) is 0 Å². The highest BCUT2D eigenvalue weighted by atomic mass is 19.3. The predicted molar refractivity (Wildman–Crippen MR) is 18.5 cm³/mol. The Kier molecular flexibility index (Phi) is 0.892. The second-order valence-corrected chi connectivity index (χ2v) is 1.26. The van der Waals surface area contributed by atoms with Crippen LogP contribution in [0.25, 0.3) is 0 Å². The summed E-state index contributed by atoms with van der Waals surface area (Å²) in [6, 6.07) is 0. The molecule has 0 aromatic rings. The molecule has 4 heteroatoms. The molecule has 0 saturated carbocycles. The van der Waals surface area contributed by atoms with Crippen molar-refractivity contribution in [3.8, 4) is 0 Å². The molecule has 0 fully saturated rings. The standard InChI is InChI=1S/C4F4/c5-2-1(3(2)6)4(7)8. The normalized spacial score (nSPS) is 17.2. The van der Waals surface area contributed by atoms with Crippen molar-refractivity contribution in [3.63, 3.8) is 0 Å². The molecule has 0 amide bonds. The summed E-state index contributed by atoms with van der Waals surface area (Å²) in [4.78, 5) is 0. The molecule has 0 aromatic heterocycles. The van der Waals surface area contributed by atoms with Crippen LogP contribution in [0.3, 0.4) is 0 Å². The minimum absolute atomic E-state index is 1.15. The fraction of sp³-hybridized carbons (Fsp3) is 0. The maximum absolute atomic E-state index is 11.4. The molecule has 0 N–H and O–H groups in total. The third-order valence-corrected chi connectivity index (χ3v) is 0.758. The summed E-state index contributed by atoms with van der Waals surface area (Å²) >= 11 is 0. The van der Waals surface area contributed by atoms with E-state index in [0.29, 0.717) is 0 Å². The predicted octanol–water partition coefficient (Wildman–Crippen LogP) is 2.30. The van der Waals surface area contributed by atoms with Gasteiger partial charge < -0.3 is 0 Å². The van der Waals surface area contributed by atoms with Gasteiger partial charge in [0.1, 0.15) is 5.57 Å². The van der Waals surface area contributed by atoms with Gasteiger partial charge in [-0.05, 0) is 0 Å². The number of rotatable bonds is 0. The van der Waals surface area contributed by atoms with Crippen LogP contribution in [0.4, 0.5) is 17.6 Å². The zero-order chi connectivity index (χ0) is 6.31. The van der Waals surface area contributed by atoms with Crippen LogP contribution >= 0.6 is 0 Å². The van der Waals surface area contributed by atoms with E-state index in [-0.39, 0.29) is 0 Å². The van der Waals surface area contributed by atoms with Crippen molar-refractivity contribution < 1.29 is 17.6 Å². The van der Waals surface area contributed by atoms with Gasteiger partial charge in [-0.2, -0.15) is 8.78 Å². The highest BCUT2D eigenvalue weighted by Crippen LogP contribution is 2.43. The average molecular weight is 124 g/mol. The lowest BCUT2D eigenvalue weighted by Crippen LogP contribution is -1.57. The van der Waals surface area contributed by atoms with Crippen LogP contribution < -0.4 is 0 Å². The molecule has 1 rings (SSSR count). The third-order valence-electron chi connectivity index (χ3n) is 0.758. The summed E-state index contributed by atoms with van der Waals surface area (Å²) in [5, 5.41) is 0. The second kappa shape index (κ2) is 1.34. The van der Waals surface area contributed by atoms with E-state index in [1.54, 1.807) is 0 Å². The van der Waals surface area contributed by atoms with Gasteiger partial charge in [0.2, 0.25) is 0 Å². The van der Waals surface area contributed by atoms with Gasteiger partial charge in [-0.25, -0.2) is 8.78 Å². The molecular formula is C4F4. The first-order valence-electron chi connectivity index (χ1n) is 1.76. The number of hydrogen-bond donors (Lipinski definition) is 0. The van der Waals surface area contributed by atoms with Crippen molar-refractivity contribution in [2.75, 3.05) is 0 Å². The Morgan fingerprint density at radius 3 is 1.38 bits per heavy atom. The van der Waals surface area contributed by atoms with Crippen LogP contribution in [-0.2, 0) is 0 Å². The third kappa shape index (κ3) is 0.526. The van der Waals surface area contributed by atoms with Crippen molar-refractivity contribution in [2.24, 2.45) is 0 Å². The molecule has 0 radical (unpaired) electrons. The van der Waals surface area contributed by atoms with E-state index in [1.165, 1.54) is 0 Å². The van der Waals surface area contributed by atoms with Gasteiger partial charge in [-0.1, -0.05) is 0 Å². The van der Waals surface area contributed by atoms with E-state index < -0.39 is 23.3 Å². The molecule has 0 aliphatic heterocycles. The monoisotopic (exact) mass is 124 g/mol. The fourth-order valence-corrected chi connectivity index (χ4v) is 0.310. The summed E-state index contributed by atoms with van der Waals surface area (Å²) in [5.41, 5.74) is -1.15. The molecule has 0 bridgehead atoms. The molecule has 0 saturated heterocycles. The summed E-state index contributed by atoms with van der Waals surface area (Å²) in [5.74, 6) is -2.82. The van der Waals surface area contributed by atoms with Crippen LogP contribution in [0.1, 0.15) is 0 Å². The lowest BCUT2D eigenvalue weighted by Gasteiger charge is -1.69. The van der Waals surface area contributed by atoms with Crippen molar-refractivity contribution in [1.29, 1.82) is 0 Å². The van der Waals surface area contributed by atoms with Gasteiger partial charge in [0, 0.05) is 0 Å². The van der Waals surface area contributed by atoms with Crippen LogP contribution in [0, 0.1) is 0 Å². The second-order valence-electron chi connectivity index (χ2n) is 1.26. The van der Waals surface area contributed by atoms with E-state index in [1.807, 2.05) is 0 Å². The van der Waals surface area contributed by atoms with Gasteiger partial charge in [-0.15, -0.1) is 0 Å². The van der Waals surface area contributed by atoms with Gasteiger partial charge in [0.05, 0.1) is 0 Å². The number of allylic oxidation sites excluding steroid dienone is 3. The Morgan fingerprint density at radius 1 is 1.00 bits per heavy atom. The molecule has 8 heavy (non-hydrogen) atoms. The zero-order valence-corrected chi connectivity index (χ0v) is 3.51. The quantitative estimate of drug-likeness (QED) is 0.434. The van der Waals surface area contributed by atoms with Crippen LogP contribution in [0.5, 0.6) is 0 Å². The minimum Gasteiger partial charge on any atom is -0.203 e. The first-order chi connectivity index (χ1) is 3.64. The Bertz CT molecular complexity index is 161. The van der Waals surface area contributed by atoms with Crippen LogP contribution in [-0.4, -0.2) is 0 Å². The Balaban J connectivity index is 2.80. The van der Waals surface area contributed by atoms with Gasteiger partial charge >= 0.3 is 0 Å². The largest absolute Gasteiger partial charge is 0.283 e. The Hall–Kier alpha value is -0.800. The molecule has 0 atom stereocenters. The lowest BCUT2D eigenvalue weighted by atomic mass is 10.6. The molecule has 0 aromatic carbocycles. The highest BCUT2D eigenvalue weighted by Gasteiger charge is 2.36. The summed E-state index contributed by atoms with van der Waals surface area (Å²) in [7, 11) is 0. The van der Waals surface area contributed by atoms with Crippen molar-refractivity contribution >= 4 is 0 Å². The first-order valence-corrected chi connectivity index (χ1v) is 1.76. The molecule has 0 unspecified atom stereocenters. The molecule has 0 nitrogen and oxygen atoms in total. The molecular weight excluding hydrogens is 124 g/mol. The van der Waals surface area contributed by atoms with E-state index in [2.05, 4.69) is 0 Å². The number of hydrogen-bond acceptors (Lipinski definition) is 0. The van der Waals surface area contributed by atoms with Gasteiger partial charge in [0.15, 0.2) is 11.7 Å². The minimum atomic E-state index is -2.29. The molecule has 1 aliphatic carbocycles. The van der Waals surface area contributed by atoms with Crippen LogP contribution in [0.2, 0.25) is 0 Å². The average Bonchev–Trinajstić information content (AvgIpc) is 2.15. The maximum Gasteiger partial charge on any atom is 0.283 e.